The van der Waals surface area contributed by atoms with E-state index in [0.717, 1.165) is 51.6 Å². The summed E-state index contributed by atoms with van der Waals surface area (Å²) in [6, 6.07) is 0. The molecule has 1 saturated heterocycles. The minimum absolute atomic E-state index is 0. The molecule has 0 unspecified atom stereocenters. The highest BCUT2D eigenvalue weighted by Gasteiger charge is 2.14. The van der Waals surface area contributed by atoms with Gasteiger partial charge in [0.15, 0.2) is 5.96 Å². The molecule has 0 aromatic rings. The molecule has 20 heavy (non-hydrogen) atoms. The predicted octanol–water partition coefficient (Wildman–Crippen LogP) is 2.11. The molecule has 1 N–H and O–H groups in total. The Morgan fingerprint density at radius 1 is 1.15 bits per heavy atom. The van der Waals surface area contributed by atoms with E-state index < -0.39 is 0 Å². The van der Waals surface area contributed by atoms with Crippen LogP contribution in [-0.4, -0.2) is 64.0 Å². The smallest absolute Gasteiger partial charge is 0.193 e. The Balaban J connectivity index is 0.00000361. The molecular formula is C14H30IN3O2. The van der Waals surface area contributed by atoms with Crippen molar-refractivity contribution < 1.29 is 9.47 Å². The Bertz CT molecular complexity index is 247. The van der Waals surface area contributed by atoms with Crippen molar-refractivity contribution in [3.8, 4) is 0 Å². The zero-order valence-corrected chi connectivity index (χ0v) is 15.2. The lowest BCUT2D eigenvalue weighted by Gasteiger charge is -2.20. The van der Waals surface area contributed by atoms with Gasteiger partial charge in [0, 0.05) is 39.9 Å². The van der Waals surface area contributed by atoms with Crippen LogP contribution in [0.5, 0.6) is 0 Å². The molecule has 6 heteroatoms. The number of hydrogen-bond acceptors (Lipinski definition) is 3. The second-order valence-corrected chi connectivity index (χ2v) is 4.74. The largest absolute Gasteiger partial charge is 0.382 e. The van der Waals surface area contributed by atoms with E-state index in [2.05, 4.69) is 22.1 Å². The van der Waals surface area contributed by atoms with Crippen molar-refractivity contribution in [1.29, 1.82) is 0 Å². The molecule has 1 heterocycles. The van der Waals surface area contributed by atoms with Crippen LogP contribution in [-0.2, 0) is 9.47 Å². The van der Waals surface area contributed by atoms with E-state index in [1.807, 2.05) is 0 Å². The van der Waals surface area contributed by atoms with Crippen molar-refractivity contribution >= 4 is 29.9 Å². The first-order chi connectivity index (χ1) is 9.38. The number of halogens is 1. The van der Waals surface area contributed by atoms with E-state index in [0.29, 0.717) is 13.2 Å². The topological polar surface area (TPSA) is 46.1 Å². The summed E-state index contributed by atoms with van der Waals surface area (Å²) in [5.41, 5.74) is 0. The fourth-order valence-electron chi connectivity index (χ4n) is 2.10. The van der Waals surface area contributed by atoms with Gasteiger partial charge < -0.3 is 19.7 Å². The summed E-state index contributed by atoms with van der Waals surface area (Å²) >= 11 is 0. The third kappa shape index (κ3) is 8.97. The Morgan fingerprint density at radius 2 is 1.90 bits per heavy atom. The van der Waals surface area contributed by atoms with E-state index in [-0.39, 0.29) is 24.0 Å². The number of likely N-dealkylation sites (tertiary alicyclic amines) is 1. The van der Waals surface area contributed by atoms with Gasteiger partial charge in [0.1, 0.15) is 0 Å². The molecule has 0 bridgehead atoms. The van der Waals surface area contributed by atoms with E-state index in [1.165, 1.54) is 12.8 Å². The predicted molar refractivity (Wildman–Crippen MR) is 94.1 cm³/mol. The van der Waals surface area contributed by atoms with Crippen LogP contribution in [0.2, 0.25) is 0 Å². The zero-order chi connectivity index (χ0) is 13.8. The van der Waals surface area contributed by atoms with Crippen molar-refractivity contribution in [1.82, 2.24) is 10.2 Å². The maximum atomic E-state index is 5.43. The van der Waals surface area contributed by atoms with Crippen molar-refractivity contribution in [2.75, 3.05) is 53.1 Å². The van der Waals surface area contributed by atoms with E-state index in [9.17, 15) is 0 Å². The summed E-state index contributed by atoms with van der Waals surface area (Å²) in [6.07, 6.45) is 4.72. The van der Waals surface area contributed by atoms with Crippen LogP contribution in [0.1, 0.15) is 32.6 Å². The number of rotatable bonds is 9. The SMILES string of the molecule is CCNC(=NCCCCOCCOC)N1CCCC1.I. The lowest BCUT2D eigenvalue weighted by molar-refractivity contribution is 0.0690. The van der Waals surface area contributed by atoms with Gasteiger partial charge in [-0.3, -0.25) is 4.99 Å². The number of ether oxygens (including phenoxy) is 2. The number of nitrogens with zero attached hydrogens (tertiary/aromatic N) is 2. The van der Waals surface area contributed by atoms with Gasteiger partial charge in [0.25, 0.3) is 0 Å². The first kappa shape index (κ1) is 19.9. The molecule has 1 fully saturated rings. The Labute approximate surface area is 140 Å². The van der Waals surface area contributed by atoms with Gasteiger partial charge >= 0.3 is 0 Å². The molecule has 0 atom stereocenters. The monoisotopic (exact) mass is 399 g/mol. The van der Waals surface area contributed by atoms with Crippen molar-refractivity contribution in [2.45, 2.75) is 32.6 Å². The molecule has 1 aliphatic heterocycles. The molecule has 0 spiro atoms. The molecule has 1 rings (SSSR count). The van der Waals surface area contributed by atoms with Gasteiger partial charge in [-0.1, -0.05) is 0 Å². The third-order valence-corrected chi connectivity index (χ3v) is 3.13. The number of aliphatic imine (C=N–C) groups is 1. The minimum atomic E-state index is 0. The third-order valence-electron chi connectivity index (χ3n) is 3.13. The highest BCUT2D eigenvalue weighted by atomic mass is 127. The summed E-state index contributed by atoms with van der Waals surface area (Å²) in [7, 11) is 1.69. The molecule has 0 aromatic carbocycles. The van der Waals surface area contributed by atoms with Crippen LogP contribution in [0, 0.1) is 0 Å². The highest BCUT2D eigenvalue weighted by Crippen LogP contribution is 2.07. The molecule has 0 aromatic heterocycles. The molecule has 1 aliphatic rings. The quantitative estimate of drug-likeness (QED) is 0.279. The normalized spacial score (nSPS) is 15.3. The maximum Gasteiger partial charge on any atom is 0.193 e. The van der Waals surface area contributed by atoms with Crippen LogP contribution in [0.4, 0.5) is 0 Å². The van der Waals surface area contributed by atoms with Crippen LogP contribution >= 0.6 is 24.0 Å². The lowest BCUT2D eigenvalue weighted by Crippen LogP contribution is -2.39. The fourth-order valence-corrected chi connectivity index (χ4v) is 2.10. The standard InChI is InChI=1S/C14H29N3O2.HI/c1-3-15-14(17-9-5-6-10-17)16-8-4-7-11-19-13-12-18-2;/h3-13H2,1-2H3,(H,15,16);1H. The first-order valence-corrected chi connectivity index (χ1v) is 7.48. The lowest BCUT2D eigenvalue weighted by atomic mass is 10.3. The first-order valence-electron chi connectivity index (χ1n) is 7.48. The van der Waals surface area contributed by atoms with E-state index >= 15 is 0 Å². The maximum absolute atomic E-state index is 5.43. The summed E-state index contributed by atoms with van der Waals surface area (Å²) < 4.78 is 10.4. The van der Waals surface area contributed by atoms with Crippen LogP contribution in [0.15, 0.2) is 4.99 Å². The summed E-state index contributed by atoms with van der Waals surface area (Å²) in [5, 5.41) is 3.37. The molecule has 120 valence electrons. The van der Waals surface area contributed by atoms with Gasteiger partial charge in [-0.05, 0) is 32.6 Å². The molecule has 5 nitrogen and oxygen atoms in total. The average molecular weight is 399 g/mol. The minimum Gasteiger partial charge on any atom is -0.382 e. The van der Waals surface area contributed by atoms with Gasteiger partial charge in [-0.25, -0.2) is 0 Å². The van der Waals surface area contributed by atoms with E-state index in [4.69, 9.17) is 9.47 Å². The van der Waals surface area contributed by atoms with Crippen molar-refractivity contribution in [3.05, 3.63) is 0 Å². The molecular weight excluding hydrogens is 369 g/mol. The highest BCUT2D eigenvalue weighted by molar-refractivity contribution is 14.0. The van der Waals surface area contributed by atoms with Crippen molar-refractivity contribution in [3.63, 3.8) is 0 Å². The molecule has 0 amide bonds. The molecule has 0 saturated carbocycles. The fraction of sp³-hybridized carbons (Fsp3) is 0.929. The van der Waals surface area contributed by atoms with Crippen LogP contribution < -0.4 is 5.32 Å². The van der Waals surface area contributed by atoms with Crippen LogP contribution in [0.25, 0.3) is 0 Å². The summed E-state index contributed by atoms with van der Waals surface area (Å²) in [5.74, 6) is 1.08. The van der Waals surface area contributed by atoms with Gasteiger partial charge in [0.2, 0.25) is 0 Å². The van der Waals surface area contributed by atoms with Crippen molar-refractivity contribution in [2.24, 2.45) is 4.99 Å². The Morgan fingerprint density at radius 3 is 2.55 bits per heavy atom. The number of hydrogen-bond donors (Lipinski definition) is 1. The number of methoxy groups -OCH3 is 1. The Hall–Kier alpha value is -0.0800. The summed E-state index contributed by atoms with van der Waals surface area (Å²) in [6.45, 7) is 8.40. The van der Waals surface area contributed by atoms with Crippen LogP contribution in [0.3, 0.4) is 0 Å². The van der Waals surface area contributed by atoms with Gasteiger partial charge in [0.05, 0.1) is 13.2 Å². The Kier molecular flexibility index (Phi) is 13.8. The number of unbranched alkanes of at least 4 members (excludes halogenated alkanes) is 1. The molecule has 0 aliphatic carbocycles. The number of guanidine groups is 1. The summed E-state index contributed by atoms with van der Waals surface area (Å²) in [4.78, 5) is 7.04. The molecule has 0 radical (unpaired) electrons. The number of nitrogens with one attached hydrogen (secondary N) is 1. The zero-order valence-electron chi connectivity index (χ0n) is 12.9. The average Bonchev–Trinajstić information content (AvgIpc) is 2.94. The second-order valence-electron chi connectivity index (χ2n) is 4.74. The second kappa shape index (κ2) is 13.9. The van der Waals surface area contributed by atoms with E-state index in [1.54, 1.807) is 7.11 Å². The van der Waals surface area contributed by atoms with Gasteiger partial charge in [-0.2, -0.15) is 0 Å². The van der Waals surface area contributed by atoms with Gasteiger partial charge in [-0.15, -0.1) is 24.0 Å².